The van der Waals surface area contributed by atoms with Crippen LogP contribution in [0.15, 0.2) is 28.8 Å². The molecule has 3 rings (SSSR count). The second-order valence-electron chi connectivity index (χ2n) is 4.43. The van der Waals surface area contributed by atoms with E-state index in [4.69, 9.17) is 16.1 Å². The van der Waals surface area contributed by atoms with Crippen molar-refractivity contribution in [2.75, 3.05) is 13.6 Å². The molecule has 1 aliphatic rings. The van der Waals surface area contributed by atoms with Crippen molar-refractivity contribution < 1.29 is 4.52 Å². The number of hydrogen-bond donors (Lipinski definition) is 0. The predicted octanol–water partition coefficient (Wildman–Crippen LogP) is 2.98. The highest BCUT2D eigenvalue weighted by molar-refractivity contribution is 6.30. The fourth-order valence-electron chi connectivity index (χ4n) is 2.18. The van der Waals surface area contributed by atoms with E-state index >= 15 is 0 Å². The number of aromatic nitrogens is 1. The molecule has 4 heteroatoms. The first-order chi connectivity index (χ1) is 8.24. The van der Waals surface area contributed by atoms with Crippen LogP contribution in [0.3, 0.4) is 0 Å². The Kier molecular flexibility index (Phi) is 2.65. The van der Waals surface area contributed by atoms with Crippen LogP contribution in [0.4, 0.5) is 0 Å². The van der Waals surface area contributed by atoms with Crippen LogP contribution >= 0.6 is 11.6 Å². The molecule has 0 atom stereocenters. The summed E-state index contributed by atoms with van der Waals surface area (Å²) in [4.78, 5) is 2.28. The van der Waals surface area contributed by atoms with Crippen molar-refractivity contribution in [1.29, 1.82) is 0 Å². The molecule has 0 fully saturated rings. The third kappa shape index (κ3) is 1.96. The van der Waals surface area contributed by atoms with Crippen LogP contribution in [-0.2, 0) is 13.0 Å². The van der Waals surface area contributed by atoms with E-state index in [1.54, 1.807) is 0 Å². The second-order valence-corrected chi connectivity index (χ2v) is 4.86. The second kappa shape index (κ2) is 4.17. The maximum atomic E-state index is 5.89. The maximum Gasteiger partial charge on any atom is 0.143 e. The number of halogens is 1. The lowest BCUT2D eigenvalue weighted by atomic mass is 10.0. The molecule has 0 amide bonds. The first-order valence-corrected chi connectivity index (χ1v) is 6.04. The Morgan fingerprint density at radius 3 is 2.82 bits per heavy atom. The summed E-state index contributed by atoms with van der Waals surface area (Å²) in [7, 11) is 2.11. The molecule has 0 saturated heterocycles. The lowest BCUT2D eigenvalue weighted by Crippen LogP contribution is -2.25. The van der Waals surface area contributed by atoms with Crippen molar-refractivity contribution in [2.45, 2.75) is 13.0 Å². The van der Waals surface area contributed by atoms with Crippen LogP contribution in [0.25, 0.3) is 11.3 Å². The Balaban J connectivity index is 2.04. The minimum atomic E-state index is 0.739. The van der Waals surface area contributed by atoms with Gasteiger partial charge in [0.25, 0.3) is 0 Å². The number of likely N-dealkylation sites (N-methyl/N-ethyl adjacent to an activating group) is 1. The first-order valence-electron chi connectivity index (χ1n) is 5.66. The number of nitrogens with zero attached hydrogens (tertiary/aromatic N) is 2. The predicted molar refractivity (Wildman–Crippen MR) is 67.0 cm³/mol. The third-order valence-electron chi connectivity index (χ3n) is 3.14. The highest BCUT2D eigenvalue weighted by Gasteiger charge is 2.22. The van der Waals surface area contributed by atoms with Crippen molar-refractivity contribution >= 4 is 11.6 Å². The van der Waals surface area contributed by atoms with E-state index in [9.17, 15) is 0 Å². The number of benzene rings is 1. The monoisotopic (exact) mass is 248 g/mol. The fraction of sp³-hybridized carbons (Fsp3) is 0.308. The average Bonchev–Trinajstić information content (AvgIpc) is 2.73. The van der Waals surface area contributed by atoms with Gasteiger partial charge in [-0.15, -0.1) is 0 Å². The van der Waals surface area contributed by atoms with Gasteiger partial charge in [-0.2, -0.15) is 0 Å². The van der Waals surface area contributed by atoms with Crippen molar-refractivity contribution in [2.24, 2.45) is 0 Å². The summed E-state index contributed by atoms with van der Waals surface area (Å²) in [5.41, 5.74) is 3.22. The van der Waals surface area contributed by atoms with Gasteiger partial charge < -0.3 is 9.42 Å². The number of hydrogen-bond acceptors (Lipinski definition) is 3. The van der Waals surface area contributed by atoms with Gasteiger partial charge in [-0.1, -0.05) is 28.9 Å². The molecule has 2 aromatic rings. The van der Waals surface area contributed by atoms with E-state index in [1.807, 2.05) is 24.3 Å². The highest BCUT2D eigenvalue weighted by Crippen LogP contribution is 2.29. The summed E-state index contributed by atoms with van der Waals surface area (Å²) in [6.45, 7) is 1.93. The van der Waals surface area contributed by atoms with Crippen LogP contribution in [0.1, 0.15) is 11.3 Å². The zero-order valence-corrected chi connectivity index (χ0v) is 10.4. The minimum Gasteiger partial charge on any atom is -0.360 e. The lowest BCUT2D eigenvalue weighted by molar-refractivity contribution is 0.281. The molecule has 0 aliphatic carbocycles. The SMILES string of the molecule is CN1CCc2onc(-c3ccc(Cl)cc3)c2C1. The van der Waals surface area contributed by atoms with Gasteiger partial charge in [0.1, 0.15) is 11.5 Å². The molecular formula is C13H13ClN2O. The first kappa shape index (κ1) is 10.8. The lowest BCUT2D eigenvalue weighted by Gasteiger charge is -2.20. The van der Waals surface area contributed by atoms with Crippen molar-refractivity contribution in [3.05, 3.63) is 40.6 Å². The summed E-state index contributed by atoms with van der Waals surface area (Å²) < 4.78 is 5.41. The molecule has 0 saturated carbocycles. The van der Waals surface area contributed by atoms with Crippen LogP contribution in [0.2, 0.25) is 5.02 Å². The molecule has 0 bridgehead atoms. The normalized spacial score (nSPS) is 15.9. The highest BCUT2D eigenvalue weighted by atomic mass is 35.5. The van der Waals surface area contributed by atoms with Gasteiger partial charge in [-0.3, -0.25) is 0 Å². The zero-order chi connectivity index (χ0) is 11.8. The Bertz CT molecular complexity index is 533. The molecular weight excluding hydrogens is 236 g/mol. The Morgan fingerprint density at radius 2 is 2.06 bits per heavy atom. The van der Waals surface area contributed by atoms with Gasteiger partial charge in [0.05, 0.1) is 0 Å². The molecule has 0 unspecified atom stereocenters. The van der Waals surface area contributed by atoms with Crippen molar-refractivity contribution in [3.63, 3.8) is 0 Å². The Labute approximate surface area is 105 Å². The Morgan fingerprint density at radius 1 is 1.29 bits per heavy atom. The molecule has 17 heavy (non-hydrogen) atoms. The Hall–Kier alpha value is -1.32. The summed E-state index contributed by atoms with van der Waals surface area (Å²) in [5, 5.41) is 4.93. The smallest absolute Gasteiger partial charge is 0.143 e. The minimum absolute atomic E-state index is 0.739. The van der Waals surface area contributed by atoms with Gasteiger partial charge in [0.15, 0.2) is 0 Å². The molecule has 1 aromatic carbocycles. The van der Waals surface area contributed by atoms with E-state index in [1.165, 1.54) is 5.56 Å². The molecule has 3 nitrogen and oxygen atoms in total. The van der Waals surface area contributed by atoms with Gasteiger partial charge in [-0.05, 0) is 19.2 Å². The quantitative estimate of drug-likeness (QED) is 0.777. The summed E-state index contributed by atoms with van der Waals surface area (Å²) in [5.74, 6) is 1.02. The van der Waals surface area contributed by atoms with Crippen LogP contribution < -0.4 is 0 Å². The van der Waals surface area contributed by atoms with Crippen molar-refractivity contribution in [3.8, 4) is 11.3 Å². The van der Waals surface area contributed by atoms with E-state index in [-0.39, 0.29) is 0 Å². The topological polar surface area (TPSA) is 29.3 Å². The van der Waals surface area contributed by atoms with Crippen molar-refractivity contribution in [1.82, 2.24) is 10.1 Å². The van der Waals surface area contributed by atoms with E-state index in [2.05, 4.69) is 17.1 Å². The summed E-state index contributed by atoms with van der Waals surface area (Å²) in [6, 6.07) is 7.72. The molecule has 1 aromatic heterocycles. The van der Waals surface area contributed by atoms with E-state index < -0.39 is 0 Å². The number of rotatable bonds is 1. The molecule has 0 radical (unpaired) electrons. The van der Waals surface area contributed by atoms with Crippen LogP contribution in [-0.4, -0.2) is 23.6 Å². The van der Waals surface area contributed by atoms with Gasteiger partial charge in [0, 0.05) is 35.7 Å². The van der Waals surface area contributed by atoms with Crippen LogP contribution in [0.5, 0.6) is 0 Å². The van der Waals surface area contributed by atoms with E-state index in [0.29, 0.717) is 0 Å². The molecule has 0 N–H and O–H groups in total. The van der Waals surface area contributed by atoms with Gasteiger partial charge in [-0.25, -0.2) is 0 Å². The van der Waals surface area contributed by atoms with E-state index in [0.717, 1.165) is 41.6 Å². The standard InChI is InChI=1S/C13H13ClN2O/c1-16-7-6-12-11(8-16)13(15-17-12)9-2-4-10(14)5-3-9/h2-5H,6-8H2,1H3. The average molecular weight is 249 g/mol. The van der Waals surface area contributed by atoms with Crippen LogP contribution in [0, 0.1) is 0 Å². The van der Waals surface area contributed by atoms with Gasteiger partial charge >= 0.3 is 0 Å². The molecule has 2 heterocycles. The number of fused-ring (bicyclic) bond motifs is 1. The summed E-state index contributed by atoms with van der Waals surface area (Å²) in [6.07, 6.45) is 0.937. The third-order valence-corrected chi connectivity index (χ3v) is 3.39. The molecule has 88 valence electrons. The fourth-order valence-corrected chi connectivity index (χ4v) is 2.30. The molecule has 1 aliphatic heterocycles. The summed E-state index contributed by atoms with van der Waals surface area (Å²) >= 11 is 5.89. The van der Waals surface area contributed by atoms with Gasteiger partial charge in [0.2, 0.25) is 0 Å². The maximum absolute atomic E-state index is 5.89. The molecule has 0 spiro atoms. The zero-order valence-electron chi connectivity index (χ0n) is 9.61. The largest absolute Gasteiger partial charge is 0.360 e.